The Hall–Kier alpha value is -5.20. The summed E-state index contributed by atoms with van der Waals surface area (Å²) in [5, 5.41) is 3.12. The third kappa shape index (κ3) is 9.46. The van der Waals surface area contributed by atoms with Crippen molar-refractivity contribution in [2.45, 2.75) is 13.0 Å². The molecule has 0 unspecified atom stereocenters. The van der Waals surface area contributed by atoms with Crippen molar-refractivity contribution in [3.63, 3.8) is 0 Å². The lowest BCUT2D eigenvalue weighted by Crippen LogP contribution is -2.42. The molecule has 252 valence electrons. The predicted octanol–water partition coefficient (Wildman–Crippen LogP) is 6.40. The largest absolute Gasteiger partial charge is 0.493 e. The summed E-state index contributed by atoms with van der Waals surface area (Å²) in [6.45, 7) is 5.09. The third-order valence-electron chi connectivity index (χ3n) is 7.04. The molecule has 0 aromatic heterocycles. The molecular formula is C37H34BrN3O7S. The standard InChI is InChI=1S/C37H34BrN3O7S/c1-5-7-18-27(6-2)41-36(45)28(19-24-20-29(38)34(30(21-24)46-3)48-22-32(43)47-4)35(44)40-37(41)49-23-31(42)39-33(25-14-10-8-11-15-25)26-16-12-9-13-17-26/h5-21,33H,1,22-23H2,2-4H3,(H,39,42)/b18-7-,27-6+,28-19+. The number of aliphatic imine (C=N–C) groups is 1. The molecule has 3 amide bonds. The minimum absolute atomic E-state index is 0.0467. The zero-order chi connectivity index (χ0) is 35.3. The molecule has 49 heavy (non-hydrogen) atoms. The van der Waals surface area contributed by atoms with Crippen LogP contribution < -0.4 is 14.8 Å². The van der Waals surface area contributed by atoms with Crippen molar-refractivity contribution in [2.24, 2.45) is 4.99 Å². The summed E-state index contributed by atoms with van der Waals surface area (Å²) >= 11 is 4.38. The van der Waals surface area contributed by atoms with Gasteiger partial charge in [0.1, 0.15) is 5.57 Å². The van der Waals surface area contributed by atoms with E-state index in [1.54, 1.807) is 43.4 Å². The summed E-state index contributed by atoms with van der Waals surface area (Å²) in [4.78, 5) is 58.0. The number of halogens is 1. The van der Waals surface area contributed by atoms with Crippen LogP contribution in [0.4, 0.5) is 0 Å². The van der Waals surface area contributed by atoms with Gasteiger partial charge < -0.3 is 19.5 Å². The predicted molar refractivity (Wildman–Crippen MR) is 194 cm³/mol. The Morgan fingerprint density at radius 2 is 1.69 bits per heavy atom. The topological polar surface area (TPSA) is 124 Å². The number of esters is 1. The number of thioether (sulfide) groups is 1. The smallest absolute Gasteiger partial charge is 0.343 e. The summed E-state index contributed by atoms with van der Waals surface area (Å²) in [6, 6.07) is 21.9. The van der Waals surface area contributed by atoms with Gasteiger partial charge in [-0.15, -0.1) is 0 Å². The molecule has 0 atom stereocenters. The molecule has 1 aliphatic heterocycles. The van der Waals surface area contributed by atoms with E-state index in [0.29, 0.717) is 15.7 Å². The van der Waals surface area contributed by atoms with Gasteiger partial charge in [-0.25, -0.2) is 4.79 Å². The first-order chi connectivity index (χ1) is 23.7. The number of hydrogen-bond donors (Lipinski definition) is 1. The van der Waals surface area contributed by atoms with Crippen molar-refractivity contribution in [3.8, 4) is 11.5 Å². The molecule has 3 aromatic rings. The molecule has 0 saturated heterocycles. The number of carbonyl (C=O) groups is 4. The number of allylic oxidation sites excluding steroid dienone is 4. The molecule has 1 aliphatic rings. The maximum absolute atomic E-state index is 14.0. The van der Waals surface area contributed by atoms with Gasteiger partial charge in [-0.2, -0.15) is 4.99 Å². The van der Waals surface area contributed by atoms with Gasteiger partial charge in [-0.1, -0.05) is 97.2 Å². The van der Waals surface area contributed by atoms with Crippen molar-refractivity contribution in [3.05, 3.63) is 136 Å². The van der Waals surface area contributed by atoms with E-state index >= 15 is 0 Å². The van der Waals surface area contributed by atoms with Gasteiger partial charge in [0, 0.05) is 5.70 Å². The summed E-state index contributed by atoms with van der Waals surface area (Å²) < 4.78 is 16.0. The minimum Gasteiger partial charge on any atom is -0.493 e. The quantitative estimate of drug-likeness (QED) is 0.0924. The van der Waals surface area contributed by atoms with Crippen LogP contribution in [0.5, 0.6) is 11.5 Å². The second kappa shape index (κ2) is 17.8. The number of methoxy groups -OCH3 is 2. The van der Waals surface area contributed by atoms with Gasteiger partial charge in [0.15, 0.2) is 23.3 Å². The number of amides is 3. The SMILES string of the molecule is C=C/C=C\C(=C/C)N1C(=O)/C(=C/c2cc(Br)c(OCC(=O)OC)c(OC)c2)C(=O)N=C1SCC(=O)NC(c1ccccc1)c1ccccc1. The van der Waals surface area contributed by atoms with Crippen molar-refractivity contribution < 1.29 is 33.4 Å². The molecule has 0 radical (unpaired) electrons. The van der Waals surface area contributed by atoms with Crippen LogP contribution in [0.25, 0.3) is 6.08 Å². The van der Waals surface area contributed by atoms with Gasteiger partial charge in [-0.05, 0) is 63.8 Å². The second-order valence-corrected chi connectivity index (χ2v) is 12.0. The Kier molecular flexibility index (Phi) is 13.3. The Bertz CT molecular complexity index is 1800. The summed E-state index contributed by atoms with van der Waals surface area (Å²) in [5.74, 6) is -1.96. The lowest BCUT2D eigenvalue weighted by atomic mass is 9.99. The van der Waals surface area contributed by atoms with Crippen LogP contribution in [0.1, 0.15) is 29.7 Å². The fourth-order valence-electron chi connectivity index (χ4n) is 4.71. The maximum Gasteiger partial charge on any atom is 0.343 e. The number of nitrogens with one attached hydrogen (secondary N) is 1. The average Bonchev–Trinajstić information content (AvgIpc) is 3.12. The Balaban J connectivity index is 1.64. The van der Waals surface area contributed by atoms with E-state index < -0.39 is 23.8 Å². The minimum atomic E-state index is -0.778. The molecule has 1 heterocycles. The van der Waals surface area contributed by atoms with Crippen molar-refractivity contribution in [1.29, 1.82) is 0 Å². The molecule has 10 nitrogen and oxygen atoms in total. The van der Waals surface area contributed by atoms with E-state index in [-0.39, 0.29) is 40.5 Å². The molecule has 1 N–H and O–H groups in total. The lowest BCUT2D eigenvalue weighted by molar-refractivity contribution is -0.143. The maximum atomic E-state index is 14.0. The molecular weight excluding hydrogens is 710 g/mol. The summed E-state index contributed by atoms with van der Waals surface area (Å²) in [7, 11) is 2.66. The van der Waals surface area contributed by atoms with E-state index in [1.165, 1.54) is 25.2 Å². The second-order valence-electron chi connectivity index (χ2n) is 10.2. The number of ether oxygens (including phenoxy) is 3. The molecule has 0 fully saturated rings. The summed E-state index contributed by atoms with van der Waals surface area (Å²) in [5.41, 5.74) is 2.44. The first kappa shape index (κ1) is 36.6. The van der Waals surface area contributed by atoms with Crippen LogP contribution in [0.15, 0.2) is 124 Å². The molecule has 0 saturated carbocycles. The highest BCUT2D eigenvalue weighted by Gasteiger charge is 2.35. The van der Waals surface area contributed by atoms with Crippen molar-refractivity contribution in [2.75, 3.05) is 26.6 Å². The fraction of sp³-hybridized carbons (Fsp3) is 0.162. The van der Waals surface area contributed by atoms with Gasteiger partial charge in [0.05, 0.1) is 30.5 Å². The van der Waals surface area contributed by atoms with E-state index in [2.05, 4.69) is 37.6 Å². The first-order valence-corrected chi connectivity index (χ1v) is 16.7. The molecule has 0 bridgehead atoms. The van der Waals surface area contributed by atoms with Gasteiger partial charge in [0.25, 0.3) is 11.8 Å². The van der Waals surface area contributed by atoms with E-state index in [9.17, 15) is 19.2 Å². The van der Waals surface area contributed by atoms with E-state index in [1.807, 2.05) is 60.7 Å². The average molecular weight is 745 g/mol. The number of carbonyl (C=O) groups excluding carboxylic acids is 4. The zero-order valence-corrected chi connectivity index (χ0v) is 29.5. The first-order valence-electron chi connectivity index (χ1n) is 14.9. The van der Waals surface area contributed by atoms with E-state index in [4.69, 9.17) is 9.47 Å². The molecule has 3 aromatic carbocycles. The molecule has 4 rings (SSSR count). The van der Waals surface area contributed by atoms with Crippen LogP contribution in [-0.4, -0.2) is 60.3 Å². The van der Waals surface area contributed by atoms with Crippen LogP contribution in [0, 0.1) is 0 Å². The van der Waals surface area contributed by atoms with Crippen LogP contribution in [-0.2, 0) is 23.9 Å². The highest BCUT2D eigenvalue weighted by molar-refractivity contribution is 9.10. The number of amidine groups is 1. The Morgan fingerprint density at radius 1 is 1.04 bits per heavy atom. The van der Waals surface area contributed by atoms with Gasteiger partial charge in [-0.3, -0.25) is 19.3 Å². The highest BCUT2D eigenvalue weighted by atomic mass is 79.9. The van der Waals surface area contributed by atoms with E-state index in [0.717, 1.165) is 22.9 Å². The lowest BCUT2D eigenvalue weighted by Gasteiger charge is -2.28. The van der Waals surface area contributed by atoms with Crippen LogP contribution >= 0.6 is 27.7 Å². The summed E-state index contributed by atoms with van der Waals surface area (Å²) in [6.07, 6.45) is 7.94. The Morgan fingerprint density at radius 3 is 2.27 bits per heavy atom. The van der Waals surface area contributed by atoms with Crippen LogP contribution in [0.3, 0.4) is 0 Å². The highest BCUT2D eigenvalue weighted by Crippen LogP contribution is 2.38. The normalized spacial score (nSPS) is 14.2. The third-order valence-corrected chi connectivity index (χ3v) is 8.57. The van der Waals surface area contributed by atoms with Gasteiger partial charge in [0.2, 0.25) is 5.91 Å². The van der Waals surface area contributed by atoms with Crippen molar-refractivity contribution in [1.82, 2.24) is 10.2 Å². The number of hydrogen-bond acceptors (Lipinski definition) is 8. The number of nitrogens with zero attached hydrogens (tertiary/aromatic N) is 2. The number of benzene rings is 3. The number of rotatable bonds is 13. The zero-order valence-electron chi connectivity index (χ0n) is 27.1. The monoisotopic (exact) mass is 743 g/mol. The van der Waals surface area contributed by atoms with Crippen LogP contribution in [0.2, 0.25) is 0 Å². The van der Waals surface area contributed by atoms with Gasteiger partial charge >= 0.3 is 5.97 Å². The molecule has 0 spiro atoms. The molecule has 0 aliphatic carbocycles. The van der Waals surface area contributed by atoms with Crippen molar-refractivity contribution >= 4 is 62.6 Å². The fourth-order valence-corrected chi connectivity index (χ4v) is 6.10. The molecule has 12 heteroatoms. The Labute approximate surface area is 297 Å².